The highest BCUT2D eigenvalue weighted by Gasteiger charge is 2.09. The Kier molecular flexibility index (Phi) is 2.34. The minimum Gasteiger partial charge on any atom is -0.287 e. The van der Waals surface area contributed by atoms with Crippen molar-refractivity contribution >= 4 is 16.9 Å². The Labute approximate surface area is 59.5 Å². The van der Waals surface area contributed by atoms with Crippen LogP contribution in [0.4, 0.5) is 0 Å². The van der Waals surface area contributed by atoms with Crippen molar-refractivity contribution in [3.05, 3.63) is 11.0 Å². The van der Waals surface area contributed by atoms with E-state index in [1.807, 2.05) is 0 Å². The summed E-state index contributed by atoms with van der Waals surface area (Å²) in [6.45, 7) is 2.08. The first-order valence-corrected chi connectivity index (χ1v) is 4.04. The van der Waals surface area contributed by atoms with E-state index in [0.29, 0.717) is 5.12 Å². The van der Waals surface area contributed by atoms with E-state index in [-0.39, 0.29) is 0 Å². The first-order valence-electron chi connectivity index (χ1n) is 3.22. The SMILES string of the molecule is CCC1=CCCC(=O)S1. The molecule has 1 rings (SSSR count). The quantitative estimate of drug-likeness (QED) is 0.559. The Bertz CT molecular complexity index is 149. The summed E-state index contributed by atoms with van der Waals surface area (Å²) in [5.41, 5.74) is 0. The van der Waals surface area contributed by atoms with E-state index in [9.17, 15) is 4.79 Å². The molecule has 1 heterocycles. The lowest BCUT2D eigenvalue weighted by Crippen LogP contribution is -1.96. The van der Waals surface area contributed by atoms with Crippen LogP contribution in [0.2, 0.25) is 0 Å². The van der Waals surface area contributed by atoms with E-state index in [0.717, 1.165) is 19.3 Å². The van der Waals surface area contributed by atoms with Crippen LogP contribution in [0.25, 0.3) is 0 Å². The maximum atomic E-state index is 10.8. The van der Waals surface area contributed by atoms with Crippen LogP contribution in [0.3, 0.4) is 0 Å². The van der Waals surface area contributed by atoms with Gasteiger partial charge in [0.2, 0.25) is 0 Å². The van der Waals surface area contributed by atoms with Gasteiger partial charge in [0.25, 0.3) is 0 Å². The summed E-state index contributed by atoms with van der Waals surface area (Å²) in [4.78, 5) is 12.0. The molecule has 1 aliphatic rings. The van der Waals surface area contributed by atoms with Gasteiger partial charge in [0, 0.05) is 6.42 Å². The average Bonchev–Trinajstić information content (AvgIpc) is 1.88. The Morgan fingerprint density at radius 2 is 2.56 bits per heavy atom. The number of allylic oxidation sites excluding steroid dienone is 2. The van der Waals surface area contributed by atoms with Gasteiger partial charge in [0.05, 0.1) is 0 Å². The first-order chi connectivity index (χ1) is 4.33. The van der Waals surface area contributed by atoms with Crippen molar-refractivity contribution in [2.24, 2.45) is 0 Å². The Morgan fingerprint density at radius 1 is 1.78 bits per heavy atom. The van der Waals surface area contributed by atoms with Crippen molar-refractivity contribution in [1.82, 2.24) is 0 Å². The van der Waals surface area contributed by atoms with E-state index in [4.69, 9.17) is 0 Å². The van der Waals surface area contributed by atoms with Crippen molar-refractivity contribution in [2.75, 3.05) is 0 Å². The number of hydrogen-bond acceptors (Lipinski definition) is 2. The molecular formula is C7H10OS. The molecule has 0 bridgehead atoms. The maximum Gasteiger partial charge on any atom is 0.193 e. The minimum absolute atomic E-state index is 0.328. The highest BCUT2D eigenvalue weighted by atomic mass is 32.2. The van der Waals surface area contributed by atoms with Gasteiger partial charge >= 0.3 is 0 Å². The van der Waals surface area contributed by atoms with Crippen molar-refractivity contribution in [3.63, 3.8) is 0 Å². The normalized spacial score (nSPS) is 19.7. The lowest BCUT2D eigenvalue weighted by Gasteiger charge is -2.07. The molecule has 0 saturated carbocycles. The molecule has 0 aromatic heterocycles. The second-order valence-electron chi connectivity index (χ2n) is 2.04. The summed E-state index contributed by atoms with van der Waals surface area (Å²) in [5.74, 6) is 0. The van der Waals surface area contributed by atoms with Gasteiger partial charge in [-0.3, -0.25) is 4.79 Å². The van der Waals surface area contributed by atoms with Crippen molar-refractivity contribution in [3.8, 4) is 0 Å². The Balaban J connectivity index is 2.53. The molecule has 0 amide bonds. The van der Waals surface area contributed by atoms with Crippen LogP contribution in [0.5, 0.6) is 0 Å². The summed E-state index contributed by atoms with van der Waals surface area (Å²) in [5, 5.41) is 0.328. The third kappa shape index (κ3) is 1.86. The fourth-order valence-electron chi connectivity index (χ4n) is 0.806. The molecular weight excluding hydrogens is 132 g/mol. The molecule has 0 atom stereocenters. The molecule has 0 aliphatic carbocycles. The first kappa shape index (κ1) is 6.87. The van der Waals surface area contributed by atoms with Crippen LogP contribution >= 0.6 is 11.8 Å². The highest BCUT2D eigenvalue weighted by Crippen LogP contribution is 2.27. The molecule has 0 saturated heterocycles. The number of carbonyl (C=O) groups excluding carboxylic acids is 1. The van der Waals surface area contributed by atoms with Crippen LogP contribution in [-0.4, -0.2) is 5.12 Å². The van der Waals surface area contributed by atoms with Gasteiger partial charge in [-0.25, -0.2) is 0 Å². The van der Waals surface area contributed by atoms with E-state index < -0.39 is 0 Å². The molecule has 50 valence electrons. The molecule has 0 unspecified atom stereocenters. The number of rotatable bonds is 1. The van der Waals surface area contributed by atoms with E-state index in [1.165, 1.54) is 16.7 Å². The molecule has 1 nitrogen and oxygen atoms in total. The highest BCUT2D eigenvalue weighted by molar-refractivity contribution is 8.17. The fraction of sp³-hybridized carbons (Fsp3) is 0.571. The number of hydrogen-bond donors (Lipinski definition) is 0. The van der Waals surface area contributed by atoms with Gasteiger partial charge in [0.15, 0.2) is 5.12 Å². The summed E-state index contributed by atoms with van der Waals surface area (Å²) < 4.78 is 0. The number of thioether (sulfide) groups is 1. The molecule has 9 heavy (non-hydrogen) atoms. The topological polar surface area (TPSA) is 17.1 Å². The van der Waals surface area contributed by atoms with Gasteiger partial charge in [-0.2, -0.15) is 0 Å². The molecule has 0 spiro atoms. The predicted molar refractivity (Wildman–Crippen MR) is 40.2 cm³/mol. The van der Waals surface area contributed by atoms with Gasteiger partial charge in [-0.1, -0.05) is 24.8 Å². The van der Waals surface area contributed by atoms with E-state index in [2.05, 4.69) is 13.0 Å². The summed E-state index contributed by atoms with van der Waals surface area (Å²) in [6.07, 6.45) is 4.85. The zero-order chi connectivity index (χ0) is 6.69. The van der Waals surface area contributed by atoms with Crippen LogP contribution in [-0.2, 0) is 4.79 Å². The summed E-state index contributed by atoms with van der Waals surface area (Å²) in [7, 11) is 0. The Morgan fingerprint density at radius 3 is 3.00 bits per heavy atom. The monoisotopic (exact) mass is 142 g/mol. The van der Waals surface area contributed by atoms with Crippen LogP contribution in [0.15, 0.2) is 11.0 Å². The second-order valence-corrected chi connectivity index (χ2v) is 3.22. The lowest BCUT2D eigenvalue weighted by atomic mass is 10.3. The maximum absolute atomic E-state index is 10.8. The zero-order valence-corrected chi connectivity index (χ0v) is 6.33. The summed E-state index contributed by atoms with van der Waals surface area (Å²) >= 11 is 1.41. The van der Waals surface area contributed by atoms with E-state index in [1.54, 1.807) is 0 Å². The van der Waals surface area contributed by atoms with Gasteiger partial charge in [-0.15, -0.1) is 0 Å². The summed E-state index contributed by atoms with van der Waals surface area (Å²) in [6, 6.07) is 0. The lowest BCUT2D eigenvalue weighted by molar-refractivity contribution is -0.110. The largest absolute Gasteiger partial charge is 0.287 e. The van der Waals surface area contributed by atoms with Gasteiger partial charge in [-0.05, 0) is 17.7 Å². The van der Waals surface area contributed by atoms with Gasteiger partial charge in [0.1, 0.15) is 0 Å². The van der Waals surface area contributed by atoms with E-state index >= 15 is 0 Å². The van der Waals surface area contributed by atoms with Crippen LogP contribution in [0, 0.1) is 0 Å². The smallest absolute Gasteiger partial charge is 0.193 e. The third-order valence-corrected chi connectivity index (χ3v) is 2.46. The molecule has 0 aromatic carbocycles. The molecule has 0 fully saturated rings. The fourth-order valence-corrected chi connectivity index (χ4v) is 1.66. The predicted octanol–water partition coefficient (Wildman–Crippen LogP) is 2.33. The van der Waals surface area contributed by atoms with Crippen molar-refractivity contribution in [2.45, 2.75) is 26.2 Å². The standard InChI is InChI=1S/C7H10OS/c1-2-6-4-3-5-7(8)9-6/h4H,2-3,5H2,1H3. The van der Waals surface area contributed by atoms with Gasteiger partial charge < -0.3 is 0 Å². The minimum atomic E-state index is 0.328. The van der Waals surface area contributed by atoms with Crippen LogP contribution in [0.1, 0.15) is 26.2 Å². The van der Waals surface area contributed by atoms with Crippen molar-refractivity contribution < 1.29 is 4.79 Å². The zero-order valence-electron chi connectivity index (χ0n) is 5.52. The number of carbonyl (C=O) groups is 1. The molecule has 1 aliphatic heterocycles. The third-order valence-electron chi connectivity index (χ3n) is 1.31. The molecule has 0 N–H and O–H groups in total. The Hall–Kier alpha value is -0.240. The average molecular weight is 142 g/mol. The van der Waals surface area contributed by atoms with Crippen molar-refractivity contribution in [1.29, 1.82) is 0 Å². The molecule has 0 radical (unpaired) electrons. The molecule has 2 heteroatoms. The van der Waals surface area contributed by atoms with Crippen LogP contribution < -0.4 is 0 Å². The second kappa shape index (κ2) is 3.06. The molecule has 0 aromatic rings.